The number of carbonyl (C=O) groups excluding carboxylic acids is 1. The molecule has 160 valence electrons. The molecule has 2 heterocycles. The number of para-hydroxylation sites is 4. The fraction of sp³-hybridized carbons (Fsp3) is 0.120. The molecule has 6 nitrogen and oxygen atoms in total. The molecular formula is C25H21ClN4O2. The minimum absolute atomic E-state index is 0.243. The van der Waals surface area contributed by atoms with Gasteiger partial charge in [-0.1, -0.05) is 54.1 Å². The number of nitrogens with one attached hydrogen (secondary N) is 2. The number of hydrogen-bond donors (Lipinski definition) is 2. The SMILES string of the molecule is COc1ccccc1NC(=O)C1=C(C)Nc2nc3ccccc3n2[C@@H]1c1ccccc1Cl. The molecule has 32 heavy (non-hydrogen) atoms. The Morgan fingerprint density at radius 3 is 2.59 bits per heavy atom. The number of amides is 1. The van der Waals surface area contributed by atoms with E-state index in [0.29, 0.717) is 33.7 Å². The molecule has 2 N–H and O–H groups in total. The fourth-order valence-corrected chi connectivity index (χ4v) is 4.43. The van der Waals surface area contributed by atoms with Gasteiger partial charge in [0.2, 0.25) is 5.95 Å². The maximum atomic E-state index is 13.7. The van der Waals surface area contributed by atoms with Gasteiger partial charge in [0.1, 0.15) is 5.75 Å². The first-order valence-electron chi connectivity index (χ1n) is 10.2. The van der Waals surface area contributed by atoms with Crippen LogP contribution in [0.5, 0.6) is 5.75 Å². The number of anilines is 2. The van der Waals surface area contributed by atoms with E-state index in [1.165, 1.54) is 0 Å². The molecule has 1 amide bonds. The van der Waals surface area contributed by atoms with Gasteiger partial charge in [0.15, 0.2) is 0 Å². The third-order valence-corrected chi connectivity index (χ3v) is 5.97. The van der Waals surface area contributed by atoms with E-state index in [-0.39, 0.29) is 5.91 Å². The zero-order chi connectivity index (χ0) is 22.2. The number of carbonyl (C=O) groups is 1. The highest BCUT2D eigenvalue weighted by atomic mass is 35.5. The molecule has 1 aliphatic heterocycles. The average molecular weight is 445 g/mol. The largest absolute Gasteiger partial charge is 0.495 e. The Balaban J connectivity index is 1.68. The van der Waals surface area contributed by atoms with Gasteiger partial charge in [-0.15, -0.1) is 0 Å². The molecule has 0 fully saturated rings. The highest BCUT2D eigenvalue weighted by Gasteiger charge is 2.35. The lowest BCUT2D eigenvalue weighted by Crippen LogP contribution is -2.31. The number of rotatable bonds is 4. The molecule has 0 bridgehead atoms. The van der Waals surface area contributed by atoms with Gasteiger partial charge >= 0.3 is 0 Å². The average Bonchev–Trinajstić information content (AvgIpc) is 3.16. The minimum Gasteiger partial charge on any atom is -0.495 e. The van der Waals surface area contributed by atoms with Crippen LogP contribution in [0.4, 0.5) is 11.6 Å². The highest BCUT2D eigenvalue weighted by Crippen LogP contribution is 2.41. The van der Waals surface area contributed by atoms with Crippen molar-refractivity contribution in [2.75, 3.05) is 17.7 Å². The second-order valence-corrected chi connectivity index (χ2v) is 7.94. The molecule has 3 aromatic carbocycles. The molecule has 7 heteroatoms. The van der Waals surface area contributed by atoms with E-state index >= 15 is 0 Å². The van der Waals surface area contributed by atoms with Gasteiger partial charge in [-0.3, -0.25) is 9.36 Å². The van der Waals surface area contributed by atoms with Crippen LogP contribution in [0.25, 0.3) is 11.0 Å². The molecule has 0 spiro atoms. The first kappa shape index (κ1) is 20.2. The number of methoxy groups -OCH3 is 1. The standard InChI is InChI=1S/C25H21ClN4O2/c1-15-22(24(31)28-19-12-6-8-14-21(19)32-2)23(16-9-3-4-10-17(16)26)30-20-13-7-5-11-18(20)29-25(30)27-15/h3-14,23H,1-2H3,(H,27,29)(H,28,31)/t23-/m1/s1. The van der Waals surface area contributed by atoms with E-state index < -0.39 is 6.04 Å². The maximum Gasteiger partial charge on any atom is 0.255 e. The summed E-state index contributed by atoms with van der Waals surface area (Å²) in [7, 11) is 1.58. The van der Waals surface area contributed by atoms with Crippen molar-refractivity contribution >= 4 is 40.2 Å². The van der Waals surface area contributed by atoms with Crippen molar-refractivity contribution < 1.29 is 9.53 Å². The lowest BCUT2D eigenvalue weighted by Gasteiger charge is -2.31. The molecule has 1 aromatic heterocycles. The van der Waals surface area contributed by atoms with Gasteiger partial charge in [-0.05, 0) is 42.8 Å². The number of halogens is 1. The number of imidazole rings is 1. The molecular weight excluding hydrogens is 424 g/mol. The summed E-state index contributed by atoms with van der Waals surface area (Å²) in [5.41, 5.74) is 4.44. The fourth-order valence-electron chi connectivity index (χ4n) is 4.19. The molecule has 0 aliphatic carbocycles. The Morgan fingerprint density at radius 1 is 1.06 bits per heavy atom. The first-order chi connectivity index (χ1) is 15.6. The lowest BCUT2D eigenvalue weighted by molar-refractivity contribution is -0.113. The Labute approximate surface area is 190 Å². The molecule has 0 saturated heterocycles. The molecule has 0 saturated carbocycles. The number of nitrogens with zero attached hydrogens (tertiary/aromatic N) is 2. The third-order valence-electron chi connectivity index (χ3n) is 5.63. The lowest BCUT2D eigenvalue weighted by atomic mass is 9.94. The van der Waals surface area contributed by atoms with E-state index in [1.54, 1.807) is 7.11 Å². The first-order valence-corrected chi connectivity index (χ1v) is 10.6. The molecule has 1 aliphatic rings. The van der Waals surface area contributed by atoms with E-state index in [0.717, 1.165) is 16.6 Å². The number of benzene rings is 3. The molecule has 0 unspecified atom stereocenters. The summed E-state index contributed by atoms with van der Waals surface area (Å²) < 4.78 is 7.44. The van der Waals surface area contributed by atoms with Gasteiger partial charge in [-0.25, -0.2) is 4.98 Å². The van der Waals surface area contributed by atoms with Crippen molar-refractivity contribution in [1.29, 1.82) is 0 Å². The van der Waals surface area contributed by atoms with Crippen LogP contribution in [0.2, 0.25) is 5.02 Å². The van der Waals surface area contributed by atoms with Crippen molar-refractivity contribution in [3.8, 4) is 5.75 Å². The molecule has 1 atom stereocenters. The van der Waals surface area contributed by atoms with Crippen LogP contribution >= 0.6 is 11.6 Å². The van der Waals surface area contributed by atoms with Crippen LogP contribution in [0, 0.1) is 0 Å². The predicted molar refractivity (Wildman–Crippen MR) is 127 cm³/mol. The summed E-state index contributed by atoms with van der Waals surface area (Å²) in [6, 6.07) is 22.3. The van der Waals surface area contributed by atoms with Crippen LogP contribution in [0.15, 0.2) is 84.1 Å². The van der Waals surface area contributed by atoms with Crippen LogP contribution < -0.4 is 15.4 Å². The number of ether oxygens (including phenoxy) is 1. The van der Waals surface area contributed by atoms with Crippen molar-refractivity contribution in [2.45, 2.75) is 13.0 Å². The number of hydrogen-bond acceptors (Lipinski definition) is 4. The summed E-state index contributed by atoms with van der Waals surface area (Å²) in [6.07, 6.45) is 0. The van der Waals surface area contributed by atoms with E-state index in [2.05, 4.69) is 10.6 Å². The topological polar surface area (TPSA) is 68.2 Å². The second kappa shape index (κ2) is 8.05. The quantitative estimate of drug-likeness (QED) is 0.428. The van der Waals surface area contributed by atoms with Crippen LogP contribution in [-0.4, -0.2) is 22.6 Å². The van der Waals surface area contributed by atoms with Gasteiger partial charge in [0.05, 0.1) is 35.4 Å². The van der Waals surface area contributed by atoms with Gasteiger partial charge in [0, 0.05) is 10.7 Å². The summed E-state index contributed by atoms with van der Waals surface area (Å²) in [5, 5.41) is 6.91. The summed E-state index contributed by atoms with van der Waals surface area (Å²) in [5.74, 6) is 1.02. The van der Waals surface area contributed by atoms with Crippen molar-refractivity contribution in [1.82, 2.24) is 9.55 Å². The number of allylic oxidation sites excluding steroid dienone is 1. The van der Waals surface area contributed by atoms with Gasteiger partial charge < -0.3 is 15.4 Å². The second-order valence-electron chi connectivity index (χ2n) is 7.54. The number of fused-ring (bicyclic) bond motifs is 3. The minimum atomic E-state index is -0.456. The Morgan fingerprint density at radius 2 is 1.78 bits per heavy atom. The Hall–Kier alpha value is -3.77. The van der Waals surface area contributed by atoms with Crippen LogP contribution in [0.3, 0.4) is 0 Å². The predicted octanol–water partition coefficient (Wildman–Crippen LogP) is 5.63. The van der Waals surface area contributed by atoms with Crippen LogP contribution in [0.1, 0.15) is 18.5 Å². The molecule has 0 radical (unpaired) electrons. The smallest absolute Gasteiger partial charge is 0.255 e. The zero-order valence-corrected chi connectivity index (χ0v) is 18.4. The highest BCUT2D eigenvalue weighted by molar-refractivity contribution is 6.31. The van der Waals surface area contributed by atoms with Gasteiger partial charge in [-0.2, -0.15) is 0 Å². The van der Waals surface area contributed by atoms with Crippen molar-refractivity contribution in [3.05, 3.63) is 94.7 Å². The molecule has 4 aromatic rings. The maximum absolute atomic E-state index is 13.7. The van der Waals surface area contributed by atoms with E-state index in [9.17, 15) is 4.79 Å². The van der Waals surface area contributed by atoms with Crippen molar-refractivity contribution in [3.63, 3.8) is 0 Å². The van der Waals surface area contributed by atoms with E-state index in [4.69, 9.17) is 21.3 Å². The normalized spacial score (nSPS) is 15.3. The Bertz CT molecular complexity index is 1380. The third kappa shape index (κ3) is 3.29. The summed E-state index contributed by atoms with van der Waals surface area (Å²) in [6.45, 7) is 1.88. The Kier molecular flexibility index (Phi) is 5.07. The van der Waals surface area contributed by atoms with Crippen LogP contribution in [-0.2, 0) is 4.79 Å². The van der Waals surface area contributed by atoms with Gasteiger partial charge in [0.25, 0.3) is 5.91 Å². The molecule has 5 rings (SSSR count). The number of aromatic nitrogens is 2. The summed E-state index contributed by atoms with van der Waals surface area (Å²) >= 11 is 6.64. The zero-order valence-electron chi connectivity index (χ0n) is 17.6. The van der Waals surface area contributed by atoms with E-state index in [1.807, 2.05) is 84.3 Å². The monoisotopic (exact) mass is 444 g/mol. The summed E-state index contributed by atoms with van der Waals surface area (Å²) in [4.78, 5) is 18.4. The van der Waals surface area contributed by atoms with Crippen molar-refractivity contribution in [2.24, 2.45) is 0 Å².